The number of benzene rings is 3. The van der Waals surface area contributed by atoms with Crippen molar-refractivity contribution in [3.63, 3.8) is 0 Å². The summed E-state index contributed by atoms with van der Waals surface area (Å²) >= 11 is 1.90. The van der Waals surface area contributed by atoms with Crippen LogP contribution in [-0.4, -0.2) is 12.8 Å². The van der Waals surface area contributed by atoms with Crippen molar-refractivity contribution in [2.75, 3.05) is 0 Å². The Morgan fingerprint density at radius 1 is 0.810 bits per heavy atom. The number of fused-ring (bicyclic) bond motifs is 7. The molecule has 0 saturated heterocycles. The van der Waals surface area contributed by atoms with Crippen molar-refractivity contribution < 1.29 is 0 Å². The molecule has 0 aliphatic carbocycles. The van der Waals surface area contributed by atoms with Crippen LogP contribution in [0.25, 0.3) is 42.0 Å². The van der Waals surface area contributed by atoms with Gasteiger partial charge >= 0.3 is 0 Å². The van der Waals surface area contributed by atoms with Crippen molar-refractivity contribution in [3.05, 3.63) is 54.6 Å². The van der Waals surface area contributed by atoms with Gasteiger partial charge in [0.1, 0.15) is 7.85 Å². The fraction of sp³-hybridized carbons (Fsp3) is 0. The van der Waals surface area contributed by atoms with Crippen LogP contribution in [0.15, 0.2) is 54.6 Å². The van der Waals surface area contributed by atoms with E-state index in [9.17, 15) is 0 Å². The Labute approximate surface area is 126 Å². The lowest BCUT2D eigenvalue weighted by molar-refractivity contribution is 1.56. The molecule has 2 aromatic heterocycles. The van der Waals surface area contributed by atoms with Gasteiger partial charge in [-0.3, -0.25) is 0 Å². The molecule has 0 aliphatic heterocycles. The molecule has 5 aromatic rings. The van der Waals surface area contributed by atoms with Crippen molar-refractivity contribution >= 4 is 66.6 Å². The Balaban J connectivity index is 2.11. The summed E-state index contributed by atoms with van der Waals surface area (Å²) in [5, 5.41) is 5.43. The van der Waals surface area contributed by atoms with Gasteiger partial charge in [-0.2, -0.15) is 0 Å². The molecule has 1 N–H and O–H groups in total. The Morgan fingerprint density at radius 3 is 2.62 bits per heavy atom. The normalized spacial score (nSPS) is 12.0. The second-order valence-corrected chi connectivity index (χ2v) is 6.69. The molecule has 2 heterocycles. The predicted octanol–water partition coefficient (Wildman–Crippen LogP) is 3.95. The number of hydrogen-bond donors (Lipinski definition) is 1. The van der Waals surface area contributed by atoms with E-state index in [0.717, 1.165) is 0 Å². The third-order valence-corrected chi connectivity index (χ3v) is 5.46. The monoisotopic (exact) mass is 285 g/mol. The van der Waals surface area contributed by atoms with Crippen molar-refractivity contribution in [2.24, 2.45) is 0 Å². The molecule has 0 fully saturated rings. The SMILES string of the molecule is Bc1ccc2[nH]c3ccc4c5ccccc5sc4c3c2c1. The molecule has 0 amide bonds. The van der Waals surface area contributed by atoms with Gasteiger partial charge in [-0.1, -0.05) is 41.9 Å². The lowest BCUT2D eigenvalue weighted by Gasteiger charge is -1.96. The van der Waals surface area contributed by atoms with Gasteiger partial charge < -0.3 is 4.98 Å². The van der Waals surface area contributed by atoms with E-state index in [1.165, 1.54) is 47.4 Å². The van der Waals surface area contributed by atoms with E-state index in [1.807, 2.05) is 11.3 Å². The number of nitrogens with one attached hydrogen (secondary N) is 1. The predicted molar refractivity (Wildman–Crippen MR) is 96.9 cm³/mol. The summed E-state index contributed by atoms with van der Waals surface area (Å²) in [6.07, 6.45) is 0. The molecule has 1 nitrogen and oxygen atoms in total. The number of H-pyrrole nitrogens is 1. The van der Waals surface area contributed by atoms with Crippen molar-refractivity contribution in [1.82, 2.24) is 4.98 Å². The maximum atomic E-state index is 3.55. The maximum absolute atomic E-state index is 3.55. The zero-order chi connectivity index (χ0) is 14.0. The van der Waals surface area contributed by atoms with E-state index >= 15 is 0 Å². The Hall–Kier alpha value is -2.26. The largest absolute Gasteiger partial charge is 0.354 e. The van der Waals surface area contributed by atoms with Crippen molar-refractivity contribution in [2.45, 2.75) is 0 Å². The molecule has 0 aliphatic rings. The van der Waals surface area contributed by atoms with Crippen LogP contribution in [0.4, 0.5) is 0 Å². The zero-order valence-electron chi connectivity index (χ0n) is 11.6. The van der Waals surface area contributed by atoms with E-state index in [2.05, 4.69) is 67.4 Å². The van der Waals surface area contributed by atoms with Crippen LogP contribution in [0.5, 0.6) is 0 Å². The van der Waals surface area contributed by atoms with Crippen LogP contribution in [0.2, 0.25) is 0 Å². The van der Waals surface area contributed by atoms with E-state index in [0.29, 0.717) is 0 Å². The minimum absolute atomic E-state index is 1.22. The first-order valence-electron chi connectivity index (χ1n) is 7.13. The number of thiophene rings is 1. The van der Waals surface area contributed by atoms with Crippen LogP contribution < -0.4 is 5.46 Å². The van der Waals surface area contributed by atoms with Gasteiger partial charge in [0.2, 0.25) is 0 Å². The smallest absolute Gasteiger partial charge is 0.139 e. The number of hydrogen-bond acceptors (Lipinski definition) is 1. The average molecular weight is 285 g/mol. The van der Waals surface area contributed by atoms with E-state index < -0.39 is 0 Å². The highest BCUT2D eigenvalue weighted by Gasteiger charge is 2.12. The van der Waals surface area contributed by atoms with Crippen LogP contribution >= 0.6 is 11.3 Å². The first kappa shape index (κ1) is 11.4. The third kappa shape index (κ3) is 1.47. The summed E-state index contributed by atoms with van der Waals surface area (Å²) in [5.74, 6) is 0. The minimum Gasteiger partial charge on any atom is -0.354 e. The van der Waals surface area contributed by atoms with Crippen LogP contribution in [0.3, 0.4) is 0 Å². The molecule has 0 radical (unpaired) electrons. The quantitative estimate of drug-likeness (QED) is 0.415. The molecule has 5 rings (SSSR count). The van der Waals surface area contributed by atoms with Crippen LogP contribution in [-0.2, 0) is 0 Å². The van der Waals surface area contributed by atoms with Gasteiger partial charge in [0.15, 0.2) is 0 Å². The summed E-state index contributed by atoms with van der Waals surface area (Å²) in [6, 6.07) is 19.8. The first-order valence-corrected chi connectivity index (χ1v) is 7.95. The highest BCUT2D eigenvalue weighted by molar-refractivity contribution is 7.26. The fourth-order valence-electron chi connectivity index (χ4n) is 3.28. The molecular formula is C18H12BNS. The second-order valence-electron chi connectivity index (χ2n) is 5.64. The van der Waals surface area contributed by atoms with E-state index in [4.69, 9.17) is 0 Å². The van der Waals surface area contributed by atoms with Crippen molar-refractivity contribution in [1.29, 1.82) is 0 Å². The number of rotatable bonds is 0. The molecule has 0 saturated carbocycles. The van der Waals surface area contributed by atoms with Crippen LogP contribution in [0.1, 0.15) is 0 Å². The lowest BCUT2D eigenvalue weighted by Crippen LogP contribution is -1.98. The van der Waals surface area contributed by atoms with Gasteiger partial charge in [-0.05, 0) is 18.2 Å². The molecule has 0 spiro atoms. The molecular weight excluding hydrogens is 273 g/mol. The van der Waals surface area contributed by atoms with Crippen molar-refractivity contribution in [3.8, 4) is 0 Å². The first-order chi connectivity index (χ1) is 10.3. The van der Waals surface area contributed by atoms with E-state index in [1.54, 1.807) is 0 Å². The molecule has 3 aromatic carbocycles. The summed E-state index contributed by atoms with van der Waals surface area (Å²) in [7, 11) is 2.16. The fourth-order valence-corrected chi connectivity index (χ4v) is 4.54. The molecule has 0 bridgehead atoms. The third-order valence-electron chi connectivity index (χ3n) is 4.26. The second kappa shape index (κ2) is 3.89. The summed E-state index contributed by atoms with van der Waals surface area (Å²) in [4.78, 5) is 3.55. The molecule has 3 heteroatoms. The molecule has 98 valence electrons. The summed E-state index contributed by atoms with van der Waals surface area (Å²) in [5.41, 5.74) is 3.76. The topological polar surface area (TPSA) is 15.8 Å². The van der Waals surface area contributed by atoms with E-state index in [-0.39, 0.29) is 0 Å². The maximum Gasteiger partial charge on any atom is 0.139 e. The standard InChI is InChI=1S/C18H12BNS/c19-10-5-7-14-13(9-10)17-15(20-14)8-6-12-11-3-1-2-4-16(11)21-18(12)17/h1-9,20H,19H2. The lowest BCUT2D eigenvalue weighted by atomic mass is 9.94. The van der Waals surface area contributed by atoms with Crippen LogP contribution in [0, 0.1) is 0 Å². The minimum atomic E-state index is 1.22. The van der Waals surface area contributed by atoms with Gasteiger partial charge in [0.25, 0.3) is 0 Å². The number of aromatic nitrogens is 1. The highest BCUT2D eigenvalue weighted by atomic mass is 32.1. The summed E-state index contributed by atoms with van der Waals surface area (Å²) < 4.78 is 2.76. The van der Waals surface area contributed by atoms with Gasteiger partial charge in [0, 0.05) is 42.0 Å². The van der Waals surface area contributed by atoms with Gasteiger partial charge in [-0.15, -0.1) is 11.3 Å². The average Bonchev–Trinajstić information content (AvgIpc) is 3.04. The number of aromatic amines is 1. The molecule has 21 heavy (non-hydrogen) atoms. The Morgan fingerprint density at radius 2 is 1.67 bits per heavy atom. The highest BCUT2D eigenvalue weighted by Crippen LogP contribution is 2.40. The molecule has 0 unspecified atom stereocenters. The zero-order valence-corrected chi connectivity index (χ0v) is 12.4. The van der Waals surface area contributed by atoms with Gasteiger partial charge in [0.05, 0.1) is 0 Å². The Kier molecular flexibility index (Phi) is 2.12. The van der Waals surface area contributed by atoms with Gasteiger partial charge in [-0.25, -0.2) is 0 Å². The Bertz CT molecular complexity index is 1150. The summed E-state index contributed by atoms with van der Waals surface area (Å²) in [6.45, 7) is 0. The molecule has 0 atom stereocenters.